The number of hydrogen-bond donors (Lipinski definition) is 2. The van der Waals surface area contributed by atoms with Crippen molar-refractivity contribution in [2.45, 2.75) is 6.92 Å². The summed E-state index contributed by atoms with van der Waals surface area (Å²) in [5.41, 5.74) is 10.5. The maximum atomic E-state index is 6.13. The summed E-state index contributed by atoms with van der Waals surface area (Å²) in [6.07, 6.45) is 0. The van der Waals surface area contributed by atoms with Gasteiger partial charge in [0.1, 0.15) is 0 Å². The number of nitrogens with zero attached hydrogens (tertiary/aromatic N) is 1. The predicted molar refractivity (Wildman–Crippen MR) is 91.4 cm³/mol. The van der Waals surface area contributed by atoms with Gasteiger partial charge in [0.25, 0.3) is 0 Å². The van der Waals surface area contributed by atoms with Crippen LogP contribution in [0.25, 0.3) is 11.3 Å². The molecule has 0 atom stereocenters. The molecule has 0 aliphatic rings. The van der Waals surface area contributed by atoms with Gasteiger partial charge >= 0.3 is 0 Å². The second-order valence-electron chi connectivity index (χ2n) is 4.75. The molecule has 3 nitrogen and oxygen atoms in total. The molecule has 0 bridgehead atoms. The maximum absolute atomic E-state index is 6.13. The van der Waals surface area contributed by atoms with Gasteiger partial charge in [-0.1, -0.05) is 29.8 Å². The highest BCUT2D eigenvalue weighted by atomic mass is 35.5. The molecule has 1 aromatic heterocycles. The van der Waals surface area contributed by atoms with Gasteiger partial charge in [0.15, 0.2) is 5.13 Å². The van der Waals surface area contributed by atoms with Gasteiger partial charge in [-0.2, -0.15) is 0 Å². The number of hydrogen-bond acceptors (Lipinski definition) is 4. The van der Waals surface area contributed by atoms with E-state index < -0.39 is 0 Å². The first-order valence-corrected chi connectivity index (χ1v) is 7.72. The van der Waals surface area contributed by atoms with Crippen LogP contribution in [0.15, 0.2) is 47.8 Å². The van der Waals surface area contributed by atoms with E-state index in [1.54, 1.807) is 11.3 Å². The molecule has 0 saturated carbocycles. The van der Waals surface area contributed by atoms with Crippen LogP contribution in [0.2, 0.25) is 5.02 Å². The number of rotatable bonds is 3. The van der Waals surface area contributed by atoms with E-state index in [0.717, 1.165) is 38.3 Å². The summed E-state index contributed by atoms with van der Waals surface area (Å²) in [4.78, 5) is 4.58. The third kappa shape index (κ3) is 3.17. The third-order valence-corrected chi connectivity index (χ3v) is 4.27. The van der Waals surface area contributed by atoms with E-state index >= 15 is 0 Å². The summed E-state index contributed by atoms with van der Waals surface area (Å²) >= 11 is 7.68. The van der Waals surface area contributed by atoms with Crippen LogP contribution in [-0.4, -0.2) is 4.98 Å². The van der Waals surface area contributed by atoms with Gasteiger partial charge in [0.05, 0.1) is 5.69 Å². The molecule has 0 amide bonds. The summed E-state index contributed by atoms with van der Waals surface area (Å²) in [5.74, 6) is 0. The number of nitrogens with one attached hydrogen (secondary N) is 1. The number of anilines is 3. The molecule has 106 valence electrons. The smallest absolute Gasteiger partial charge is 0.187 e. The molecule has 21 heavy (non-hydrogen) atoms. The Kier molecular flexibility index (Phi) is 3.82. The first-order valence-electron chi connectivity index (χ1n) is 6.46. The monoisotopic (exact) mass is 315 g/mol. The Morgan fingerprint density at radius 3 is 2.81 bits per heavy atom. The minimum atomic E-state index is 0.736. The lowest BCUT2D eigenvalue weighted by molar-refractivity contribution is 1.38. The lowest BCUT2D eigenvalue weighted by Gasteiger charge is -2.04. The first kappa shape index (κ1) is 13.9. The van der Waals surface area contributed by atoms with Gasteiger partial charge in [0, 0.05) is 27.3 Å². The molecule has 0 saturated heterocycles. The summed E-state index contributed by atoms with van der Waals surface area (Å²) in [5, 5.41) is 6.84. The highest BCUT2D eigenvalue weighted by Gasteiger charge is 2.06. The average molecular weight is 316 g/mol. The van der Waals surface area contributed by atoms with Gasteiger partial charge in [0.2, 0.25) is 0 Å². The molecular formula is C16H14ClN3S. The Morgan fingerprint density at radius 2 is 2.05 bits per heavy atom. The van der Waals surface area contributed by atoms with Crippen molar-refractivity contribution in [3.8, 4) is 11.3 Å². The van der Waals surface area contributed by atoms with Crippen molar-refractivity contribution in [3.63, 3.8) is 0 Å². The Morgan fingerprint density at radius 1 is 1.19 bits per heavy atom. The fraction of sp³-hybridized carbons (Fsp3) is 0.0625. The minimum absolute atomic E-state index is 0.736. The van der Waals surface area contributed by atoms with Crippen molar-refractivity contribution in [2.24, 2.45) is 0 Å². The lowest BCUT2D eigenvalue weighted by Crippen LogP contribution is -1.90. The maximum Gasteiger partial charge on any atom is 0.187 e. The van der Waals surface area contributed by atoms with Crippen LogP contribution >= 0.6 is 22.9 Å². The van der Waals surface area contributed by atoms with Gasteiger partial charge in [-0.25, -0.2) is 4.98 Å². The topological polar surface area (TPSA) is 50.9 Å². The van der Waals surface area contributed by atoms with Crippen molar-refractivity contribution >= 4 is 39.4 Å². The number of halogens is 1. The van der Waals surface area contributed by atoms with E-state index in [1.807, 2.05) is 54.8 Å². The summed E-state index contributed by atoms with van der Waals surface area (Å²) in [7, 11) is 0. The molecule has 3 rings (SSSR count). The van der Waals surface area contributed by atoms with Crippen LogP contribution in [0.1, 0.15) is 5.56 Å². The van der Waals surface area contributed by atoms with E-state index in [9.17, 15) is 0 Å². The lowest BCUT2D eigenvalue weighted by atomic mass is 10.1. The van der Waals surface area contributed by atoms with Gasteiger partial charge in [-0.05, 0) is 36.8 Å². The van der Waals surface area contributed by atoms with Gasteiger partial charge < -0.3 is 11.1 Å². The van der Waals surface area contributed by atoms with Crippen molar-refractivity contribution in [3.05, 3.63) is 58.4 Å². The summed E-state index contributed by atoms with van der Waals surface area (Å²) < 4.78 is 0. The fourth-order valence-electron chi connectivity index (χ4n) is 1.96. The Hall–Kier alpha value is -2.04. The molecule has 0 unspecified atom stereocenters. The molecule has 0 aliphatic heterocycles. The molecule has 0 fully saturated rings. The third-order valence-electron chi connectivity index (χ3n) is 3.11. The zero-order chi connectivity index (χ0) is 14.8. The van der Waals surface area contributed by atoms with Gasteiger partial charge in [-0.3, -0.25) is 0 Å². The molecule has 3 aromatic rings. The van der Waals surface area contributed by atoms with Crippen LogP contribution < -0.4 is 11.1 Å². The molecule has 0 aliphatic carbocycles. The number of aromatic nitrogens is 1. The van der Waals surface area contributed by atoms with Gasteiger partial charge in [-0.15, -0.1) is 11.3 Å². The highest BCUT2D eigenvalue weighted by molar-refractivity contribution is 7.14. The second-order valence-corrected chi connectivity index (χ2v) is 6.02. The van der Waals surface area contributed by atoms with Crippen LogP contribution in [0.3, 0.4) is 0 Å². The fourth-order valence-corrected chi connectivity index (χ4v) is 2.88. The number of thiazole rings is 1. The quantitative estimate of drug-likeness (QED) is 0.661. The van der Waals surface area contributed by atoms with Crippen LogP contribution in [0, 0.1) is 6.92 Å². The molecule has 3 N–H and O–H groups in total. The zero-order valence-electron chi connectivity index (χ0n) is 11.4. The standard InChI is InChI=1S/C16H14ClN3S/c1-10-5-6-13(8-14(10)17)19-16-20-15(9-21-16)11-3-2-4-12(18)7-11/h2-9H,18H2,1H3,(H,19,20). The molecular weight excluding hydrogens is 302 g/mol. The largest absolute Gasteiger partial charge is 0.399 e. The van der Waals surface area contributed by atoms with Crippen LogP contribution in [-0.2, 0) is 0 Å². The molecule has 1 heterocycles. The summed E-state index contributed by atoms with van der Waals surface area (Å²) in [6.45, 7) is 1.98. The van der Waals surface area contributed by atoms with Crippen molar-refractivity contribution in [1.29, 1.82) is 0 Å². The SMILES string of the molecule is Cc1ccc(Nc2nc(-c3cccc(N)c3)cs2)cc1Cl. The predicted octanol–water partition coefficient (Wildman–Crippen LogP) is 5.10. The minimum Gasteiger partial charge on any atom is -0.399 e. The van der Waals surface area contributed by atoms with Crippen molar-refractivity contribution < 1.29 is 0 Å². The number of nitrogens with two attached hydrogens (primary N) is 1. The zero-order valence-corrected chi connectivity index (χ0v) is 13.0. The first-order chi connectivity index (χ1) is 10.1. The van der Waals surface area contributed by atoms with E-state index in [4.69, 9.17) is 17.3 Å². The van der Waals surface area contributed by atoms with Crippen molar-refractivity contribution in [1.82, 2.24) is 4.98 Å². The van der Waals surface area contributed by atoms with E-state index in [-0.39, 0.29) is 0 Å². The normalized spacial score (nSPS) is 10.6. The van der Waals surface area contributed by atoms with Crippen molar-refractivity contribution in [2.75, 3.05) is 11.1 Å². The number of nitrogen functional groups attached to an aromatic ring is 1. The average Bonchev–Trinajstić information content (AvgIpc) is 2.91. The second kappa shape index (κ2) is 5.76. The molecule has 0 radical (unpaired) electrons. The van der Waals surface area contributed by atoms with Crippen LogP contribution in [0.4, 0.5) is 16.5 Å². The number of aryl methyl sites for hydroxylation is 1. The Balaban J connectivity index is 1.83. The highest BCUT2D eigenvalue weighted by Crippen LogP contribution is 2.29. The van der Waals surface area contributed by atoms with E-state index in [2.05, 4.69) is 10.3 Å². The number of benzene rings is 2. The molecule has 5 heteroatoms. The van der Waals surface area contributed by atoms with E-state index in [1.165, 1.54) is 0 Å². The summed E-state index contributed by atoms with van der Waals surface area (Å²) in [6, 6.07) is 13.6. The molecule has 2 aromatic carbocycles. The Bertz CT molecular complexity index is 783. The van der Waals surface area contributed by atoms with E-state index in [0.29, 0.717) is 0 Å². The van der Waals surface area contributed by atoms with Crippen LogP contribution in [0.5, 0.6) is 0 Å². The molecule has 0 spiro atoms. The Labute approximate surface area is 132 Å².